The van der Waals surface area contributed by atoms with Gasteiger partial charge in [0.15, 0.2) is 0 Å². The van der Waals surface area contributed by atoms with Crippen molar-refractivity contribution in [2.75, 3.05) is 0 Å². The maximum atomic E-state index is 12.0. The van der Waals surface area contributed by atoms with Crippen LogP contribution < -0.4 is 18.9 Å². The molecule has 1 aliphatic rings. The smallest absolute Gasteiger partial charge is 0.525 e. The van der Waals surface area contributed by atoms with Gasteiger partial charge in [-0.15, -0.1) is 0 Å². The number of carbonyl (C=O) groups excluding carboxylic acids is 1. The summed E-state index contributed by atoms with van der Waals surface area (Å²) in [6, 6.07) is 19.3. The van der Waals surface area contributed by atoms with Gasteiger partial charge >= 0.3 is 18.9 Å². The molecule has 1 heterocycles. The first-order valence-corrected chi connectivity index (χ1v) is 6.43. The molecule has 0 aromatic heterocycles. The van der Waals surface area contributed by atoms with E-state index in [-0.39, 0.29) is 31.0 Å². The van der Waals surface area contributed by atoms with Crippen LogP contribution in [0.3, 0.4) is 0 Å². The Balaban J connectivity index is 0.00000161. The second-order valence-electron chi connectivity index (χ2n) is 4.60. The van der Waals surface area contributed by atoms with Gasteiger partial charge in [0.25, 0.3) is 6.09 Å². The molecule has 0 bridgehead atoms. The van der Waals surface area contributed by atoms with E-state index in [1.807, 2.05) is 60.7 Å². The van der Waals surface area contributed by atoms with Crippen molar-refractivity contribution in [3.05, 3.63) is 84.6 Å². The molecular weight excluding hydrogens is 257 g/mol. The molecule has 1 saturated heterocycles. The summed E-state index contributed by atoms with van der Waals surface area (Å²) in [5, 5.41) is 0. The van der Waals surface area contributed by atoms with Crippen LogP contribution in [0.5, 0.6) is 0 Å². The van der Waals surface area contributed by atoms with Gasteiger partial charge in [-0.3, -0.25) is 0 Å². The van der Waals surface area contributed by atoms with E-state index in [1.165, 1.54) is 4.90 Å². The van der Waals surface area contributed by atoms with Crippen LogP contribution in [0.15, 0.2) is 67.2 Å². The number of cyclic esters (lactones) is 1. The number of benzene rings is 2. The molecule has 4 heteroatoms. The van der Waals surface area contributed by atoms with E-state index in [2.05, 4.69) is 12.8 Å². The van der Waals surface area contributed by atoms with Gasteiger partial charge in [-0.05, 0) is 11.1 Å². The second kappa shape index (κ2) is 6.67. The Morgan fingerprint density at radius 2 is 1.48 bits per heavy atom. The second-order valence-corrected chi connectivity index (χ2v) is 4.60. The molecule has 2 atom stereocenters. The number of rotatable bonds is 3. The molecule has 3 nitrogen and oxygen atoms in total. The molecule has 0 spiro atoms. The van der Waals surface area contributed by atoms with Crippen molar-refractivity contribution >= 4 is 6.09 Å². The minimum Gasteiger partial charge on any atom is -0.525 e. The number of carbonyl (C=O) groups is 1. The van der Waals surface area contributed by atoms with Gasteiger partial charge in [-0.2, -0.15) is 12.8 Å². The number of amides is 1. The van der Waals surface area contributed by atoms with Gasteiger partial charge in [0.05, 0.1) is 6.04 Å². The third-order valence-corrected chi connectivity index (χ3v) is 3.43. The topological polar surface area (TPSA) is 29.5 Å². The summed E-state index contributed by atoms with van der Waals surface area (Å²) in [5.41, 5.74) is 1.97. The van der Waals surface area contributed by atoms with Crippen LogP contribution in [-0.2, 0) is 4.74 Å². The van der Waals surface area contributed by atoms with Gasteiger partial charge in [-0.25, -0.2) is 0 Å². The van der Waals surface area contributed by atoms with Crippen LogP contribution in [0, 0.1) is 6.20 Å². The van der Waals surface area contributed by atoms with Crippen molar-refractivity contribution in [1.82, 2.24) is 4.90 Å². The first-order valence-electron chi connectivity index (χ1n) is 6.43. The molecule has 0 unspecified atom stereocenters. The third kappa shape index (κ3) is 2.90. The molecule has 1 amide bonds. The van der Waals surface area contributed by atoms with E-state index < -0.39 is 6.09 Å². The standard InChI is InChI=1S/C17H14NO2.Li/c1-2-18-15(13-9-5-3-6-10-13)16(20-17(18)19)14-11-7-4-8-12-14;/h3-12,15-16H,1H2;/q-1;+1/t15-,16+;/m0./s1. The fourth-order valence-corrected chi connectivity index (χ4v) is 2.51. The zero-order valence-electron chi connectivity index (χ0n) is 11.9. The van der Waals surface area contributed by atoms with E-state index >= 15 is 0 Å². The van der Waals surface area contributed by atoms with Gasteiger partial charge in [0.2, 0.25) is 0 Å². The monoisotopic (exact) mass is 271 g/mol. The maximum Gasteiger partial charge on any atom is 1.00 e. The van der Waals surface area contributed by atoms with Gasteiger partial charge in [0.1, 0.15) is 6.10 Å². The molecule has 0 N–H and O–H groups in total. The van der Waals surface area contributed by atoms with Crippen LogP contribution in [0.2, 0.25) is 0 Å². The Bertz CT molecular complexity index is 615. The quantitative estimate of drug-likeness (QED) is 0.612. The zero-order chi connectivity index (χ0) is 13.9. The molecule has 1 aliphatic heterocycles. The van der Waals surface area contributed by atoms with E-state index in [4.69, 9.17) is 4.74 Å². The zero-order valence-corrected chi connectivity index (χ0v) is 11.9. The first kappa shape index (κ1) is 15.4. The Morgan fingerprint density at radius 3 is 2.00 bits per heavy atom. The molecule has 2 aromatic carbocycles. The Hall–Kier alpha value is -1.95. The van der Waals surface area contributed by atoms with E-state index in [9.17, 15) is 4.79 Å². The van der Waals surface area contributed by atoms with Gasteiger partial charge in [-0.1, -0.05) is 60.7 Å². The Kier molecular flexibility index (Phi) is 4.90. The van der Waals surface area contributed by atoms with Gasteiger partial charge < -0.3 is 14.4 Å². The molecule has 3 rings (SSSR count). The molecule has 0 radical (unpaired) electrons. The van der Waals surface area contributed by atoms with E-state index in [1.54, 1.807) is 0 Å². The molecule has 1 fully saturated rings. The Morgan fingerprint density at radius 1 is 0.952 bits per heavy atom. The van der Waals surface area contributed by atoms with Crippen molar-refractivity contribution in [2.24, 2.45) is 0 Å². The van der Waals surface area contributed by atoms with Crippen LogP contribution in [0.4, 0.5) is 4.79 Å². The number of hydrogen-bond acceptors (Lipinski definition) is 2. The average molecular weight is 271 g/mol. The van der Waals surface area contributed by atoms with E-state index in [0.717, 1.165) is 11.1 Å². The maximum absolute atomic E-state index is 12.0. The van der Waals surface area contributed by atoms with Crippen LogP contribution in [0.25, 0.3) is 0 Å². The number of ether oxygens (including phenoxy) is 1. The van der Waals surface area contributed by atoms with Crippen molar-refractivity contribution in [3.63, 3.8) is 0 Å². The first-order chi connectivity index (χ1) is 9.81. The number of nitrogens with zero attached hydrogens (tertiary/aromatic N) is 1. The van der Waals surface area contributed by atoms with Crippen LogP contribution >= 0.6 is 0 Å². The van der Waals surface area contributed by atoms with Crippen LogP contribution in [-0.4, -0.2) is 11.0 Å². The SMILES string of the molecule is C=[C-]N1C(=O)O[C@H](c2ccccc2)[C@@H]1c1ccccc1.[Li+]. The minimum atomic E-state index is -0.414. The van der Waals surface area contributed by atoms with Crippen LogP contribution in [0.1, 0.15) is 23.3 Å². The van der Waals surface area contributed by atoms with Crippen molar-refractivity contribution < 1.29 is 28.4 Å². The summed E-state index contributed by atoms with van der Waals surface area (Å²) in [7, 11) is 0. The normalized spacial score (nSPS) is 20.6. The van der Waals surface area contributed by atoms with Crippen molar-refractivity contribution in [2.45, 2.75) is 12.1 Å². The predicted octanol–water partition coefficient (Wildman–Crippen LogP) is 0.872. The molecule has 0 saturated carbocycles. The molecule has 0 aliphatic carbocycles. The largest absolute Gasteiger partial charge is 1.00 e. The van der Waals surface area contributed by atoms with Crippen molar-refractivity contribution in [1.29, 1.82) is 0 Å². The molecular formula is C17H14LiNO2. The predicted molar refractivity (Wildman–Crippen MR) is 75.6 cm³/mol. The third-order valence-electron chi connectivity index (χ3n) is 3.43. The molecule has 2 aromatic rings. The summed E-state index contributed by atoms with van der Waals surface area (Å²) in [6.07, 6.45) is 1.91. The average Bonchev–Trinajstić information content (AvgIpc) is 2.85. The molecule has 100 valence electrons. The fourth-order valence-electron chi connectivity index (χ4n) is 2.51. The fraction of sp³-hybridized carbons (Fsp3) is 0.118. The van der Waals surface area contributed by atoms with Crippen molar-refractivity contribution in [3.8, 4) is 0 Å². The number of hydrogen-bond donors (Lipinski definition) is 0. The summed E-state index contributed by atoms with van der Waals surface area (Å²) in [6.45, 7) is 3.60. The van der Waals surface area contributed by atoms with E-state index in [0.29, 0.717) is 0 Å². The summed E-state index contributed by atoms with van der Waals surface area (Å²) in [5.74, 6) is 0. The van der Waals surface area contributed by atoms with Gasteiger partial charge in [0, 0.05) is 0 Å². The Labute approximate surface area is 136 Å². The minimum absolute atomic E-state index is 0. The molecule has 21 heavy (non-hydrogen) atoms. The summed E-state index contributed by atoms with van der Waals surface area (Å²) in [4.78, 5) is 13.4. The summed E-state index contributed by atoms with van der Waals surface area (Å²) >= 11 is 0. The summed E-state index contributed by atoms with van der Waals surface area (Å²) < 4.78 is 5.50.